The number of methoxy groups -OCH3 is 1. The van der Waals surface area contributed by atoms with Crippen LogP contribution in [0.3, 0.4) is 0 Å². The van der Waals surface area contributed by atoms with Gasteiger partial charge in [0.15, 0.2) is 22.9 Å². The second-order valence-corrected chi connectivity index (χ2v) is 22.7. The molecule has 466 valence electrons. The lowest BCUT2D eigenvalue weighted by Gasteiger charge is -2.16. The highest BCUT2D eigenvalue weighted by Crippen LogP contribution is 2.37. The number of hydrogen-bond acceptors (Lipinski definition) is 19. The number of likely N-dealkylation sites (tertiary alicyclic amines) is 2. The zero-order chi connectivity index (χ0) is 62.6. The standard InChI is InChI=1S/C37H39N9O4.C29H31N9O3/c1-44(28-10-11-28)21-3-5-32(47)45-22-17-27(24-45)41-34-33-31(16-20-38-35(33)46(43-34)23-25-6-12-29(49-2)13-7-25)50-30-14-8-26(9-15-30)36(48)42-37-39-18-4-19-40-37;1-37(21-7-8-21)16-2-4-24(39)38-17-12-20(18-38)33-27-25-23(11-15-30-26(25)35-36-27)41-22-9-5-19(6-10-22)28(40)34-29-31-13-3-14-32-29/h3-9,12-16,18-20,27-28H,10-11,17,21-24H2,1-2H3,(H,41,43)(H,39,40,42,48);2-6,9-11,13-15,20-21H,7-8,12,16-18H2,1H3,(H2,30,33,35,36)(H,31,32,34,40)/b5-3+;4-2+/t27-;20-/m11/s1. The molecule has 2 saturated carbocycles. The first-order chi connectivity index (χ1) is 44.5. The third-order valence-corrected chi connectivity index (χ3v) is 16.1. The maximum absolute atomic E-state index is 13.0. The van der Waals surface area contributed by atoms with Crippen molar-refractivity contribution in [2.45, 2.75) is 69.2 Å². The molecule has 0 spiro atoms. The Hall–Kier alpha value is -10.7. The number of benzene rings is 3. The van der Waals surface area contributed by atoms with Crippen molar-refractivity contribution < 1.29 is 33.4 Å². The number of likely N-dealkylation sites (N-methyl/N-ethyl adjacent to an activating group) is 2. The zero-order valence-electron chi connectivity index (χ0n) is 50.7. The van der Waals surface area contributed by atoms with E-state index in [4.69, 9.17) is 24.3 Å². The Kier molecular flexibility index (Phi) is 18.8. The van der Waals surface area contributed by atoms with Crippen LogP contribution in [0.2, 0.25) is 0 Å². The molecule has 25 heteroatoms. The lowest BCUT2D eigenvalue weighted by Crippen LogP contribution is -2.30. The highest BCUT2D eigenvalue weighted by molar-refractivity contribution is 6.04. The molecule has 8 heterocycles. The van der Waals surface area contributed by atoms with E-state index in [1.54, 1.807) is 129 Å². The van der Waals surface area contributed by atoms with Crippen molar-refractivity contribution in [1.29, 1.82) is 0 Å². The molecular formula is C66H70N18O7. The van der Waals surface area contributed by atoms with Crippen LogP contribution in [-0.4, -0.2) is 178 Å². The summed E-state index contributed by atoms with van der Waals surface area (Å²) < 4.78 is 19.8. The van der Waals surface area contributed by atoms with Crippen molar-refractivity contribution in [3.8, 4) is 28.7 Å². The van der Waals surface area contributed by atoms with E-state index in [9.17, 15) is 19.2 Å². The van der Waals surface area contributed by atoms with E-state index in [1.807, 2.05) is 50.9 Å². The number of H-pyrrole nitrogens is 1. The maximum atomic E-state index is 13.0. The largest absolute Gasteiger partial charge is 0.497 e. The van der Waals surface area contributed by atoms with Crippen molar-refractivity contribution in [3.63, 3.8) is 0 Å². The lowest BCUT2D eigenvalue weighted by atomic mass is 10.2. The quantitative estimate of drug-likeness (QED) is 0.0376. The maximum Gasteiger partial charge on any atom is 0.258 e. The van der Waals surface area contributed by atoms with E-state index in [0.717, 1.165) is 42.6 Å². The van der Waals surface area contributed by atoms with Crippen molar-refractivity contribution in [3.05, 3.63) is 175 Å². The molecule has 5 N–H and O–H groups in total. The number of carbonyl (C=O) groups excluding carboxylic acids is 4. The van der Waals surface area contributed by atoms with Gasteiger partial charge in [0.1, 0.15) is 39.5 Å². The number of rotatable bonds is 23. The first-order valence-electron chi connectivity index (χ1n) is 30.4. The molecule has 13 rings (SSSR count). The summed E-state index contributed by atoms with van der Waals surface area (Å²) in [6, 6.07) is 29.7. The van der Waals surface area contributed by atoms with E-state index in [-0.39, 0.29) is 47.6 Å². The molecule has 0 unspecified atom stereocenters. The minimum atomic E-state index is -0.328. The number of amides is 4. The average Bonchev–Trinajstić information content (AvgIpc) is 1.72. The smallest absolute Gasteiger partial charge is 0.258 e. The predicted molar refractivity (Wildman–Crippen MR) is 343 cm³/mol. The van der Waals surface area contributed by atoms with Gasteiger partial charge in [0.2, 0.25) is 23.7 Å². The fourth-order valence-electron chi connectivity index (χ4n) is 10.8. The van der Waals surface area contributed by atoms with E-state index in [1.165, 1.54) is 25.7 Å². The summed E-state index contributed by atoms with van der Waals surface area (Å²) in [6.45, 7) is 4.52. The van der Waals surface area contributed by atoms with Crippen LogP contribution in [0.15, 0.2) is 159 Å². The number of fused-ring (bicyclic) bond motifs is 2. The number of nitrogens with zero attached hydrogens (tertiary/aromatic N) is 13. The minimum absolute atomic E-state index is 0.00605. The van der Waals surface area contributed by atoms with Crippen molar-refractivity contribution >= 4 is 69.2 Å². The number of aromatic nitrogens is 10. The highest BCUT2D eigenvalue weighted by atomic mass is 16.5. The van der Waals surface area contributed by atoms with E-state index in [0.29, 0.717) is 107 Å². The van der Waals surface area contributed by atoms with Crippen LogP contribution >= 0.6 is 0 Å². The molecule has 6 aromatic heterocycles. The highest BCUT2D eigenvalue weighted by Gasteiger charge is 2.31. The molecule has 2 atom stereocenters. The summed E-state index contributed by atoms with van der Waals surface area (Å²) in [6.07, 6.45) is 23.4. The van der Waals surface area contributed by atoms with Gasteiger partial charge in [0.25, 0.3) is 11.8 Å². The number of hydrogen-bond donors (Lipinski definition) is 5. The molecule has 4 aliphatic rings. The van der Waals surface area contributed by atoms with Crippen LogP contribution in [0.4, 0.5) is 23.5 Å². The second-order valence-electron chi connectivity index (χ2n) is 22.7. The summed E-state index contributed by atoms with van der Waals surface area (Å²) >= 11 is 0. The second kappa shape index (κ2) is 28.2. The van der Waals surface area contributed by atoms with Gasteiger partial charge in [-0.25, -0.2) is 34.6 Å². The van der Waals surface area contributed by atoms with E-state index >= 15 is 0 Å². The Balaban J connectivity index is 0.000000179. The summed E-state index contributed by atoms with van der Waals surface area (Å²) in [5.74, 6) is 4.09. The molecule has 25 nitrogen and oxygen atoms in total. The first-order valence-corrected chi connectivity index (χ1v) is 30.4. The number of carbonyl (C=O) groups is 4. The normalized spacial score (nSPS) is 16.4. The van der Waals surface area contributed by atoms with Gasteiger partial charge in [0.05, 0.1) is 13.7 Å². The van der Waals surface area contributed by atoms with Gasteiger partial charge >= 0.3 is 0 Å². The molecule has 4 amide bonds. The summed E-state index contributed by atoms with van der Waals surface area (Å²) in [5.41, 5.74) is 3.14. The van der Waals surface area contributed by atoms with Gasteiger partial charge < -0.3 is 34.6 Å². The topological polar surface area (TPSA) is 281 Å². The molecule has 9 aromatic rings. The summed E-state index contributed by atoms with van der Waals surface area (Å²) in [4.78, 5) is 84.4. The zero-order valence-corrected chi connectivity index (χ0v) is 50.7. The SMILES string of the molecule is CN(C/C=C/C(=O)N1CC[C@@H](Nc2n[nH]c3nccc(Oc4ccc(C(=O)Nc5ncccn5)cc4)c23)C1)C1CC1.COc1ccc(Cn2nc(N[C@@H]3CCN(C(=O)/C=C/CN(C)C4CC4)C3)c3c(Oc4ccc(C(=O)Nc5ncccn5)cc4)ccnc32)cc1. The molecule has 91 heavy (non-hydrogen) atoms. The van der Waals surface area contributed by atoms with Crippen molar-refractivity contribution in [1.82, 2.24) is 69.5 Å². The molecule has 0 radical (unpaired) electrons. The van der Waals surface area contributed by atoms with Gasteiger partial charge in [0, 0.05) is 136 Å². The number of ether oxygens (including phenoxy) is 3. The van der Waals surface area contributed by atoms with Crippen LogP contribution in [0.1, 0.15) is 64.8 Å². The van der Waals surface area contributed by atoms with Crippen LogP contribution in [0.25, 0.3) is 22.1 Å². The average molecular weight is 1230 g/mol. The van der Waals surface area contributed by atoms with Gasteiger partial charge in [-0.2, -0.15) is 10.2 Å². The Labute approximate surface area is 525 Å². The number of pyridine rings is 2. The van der Waals surface area contributed by atoms with Crippen LogP contribution in [0.5, 0.6) is 28.7 Å². The summed E-state index contributed by atoms with van der Waals surface area (Å²) in [5, 5.41) is 26.2. The van der Waals surface area contributed by atoms with Crippen molar-refractivity contribution in [2.24, 2.45) is 0 Å². The first kappa shape index (κ1) is 60.6. The van der Waals surface area contributed by atoms with Gasteiger partial charge in [-0.05, 0) is 131 Å². The summed E-state index contributed by atoms with van der Waals surface area (Å²) in [7, 11) is 5.84. The molecular weight excluding hydrogens is 1160 g/mol. The Morgan fingerprint density at radius 1 is 0.571 bits per heavy atom. The Morgan fingerprint density at radius 2 is 1.05 bits per heavy atom. The number of anilines is 4. The van der Waals surface area contributed by atoms with E-state index < -0.39 is 0 Å². The van der Waals surface area contributed by atoms with Crippen LogP contribution in [0, 0.1) is 0 Å². The third-order valence-electron chi connectivity index (χ3n) is 16.1. The number of nitrogens with one attached hydrogen (secondary N) is 5. The van der Waals surface area contributed by atoms with E-state index in [2.05, 4.69) is 80.3 Å². The Bertz CT molecular complexity index is 4050. The third kappa shape index (κ3) is 15.6. The van der Waals surface area contributed by atoms with Crippen LogP contribution < -0.4 is 35.5 Å². The minimum Gasteiger partial charge on any atom is -0.497 e. The molecule has 4 fully saturated rings. The Morgan fingerprint density at radius 3 is 1.56 bits per heavy atom. The molecule has 3 aromatic carbocycles. The fraction of sp³-hybridized carbons (Fsp3) is 0.303. The lowest BCUT2D eigenvalue weighted by molar-refractivity contribution is -0.125. The van der Waals surface area contributed by atoms with Gasteiger partial charge in [-0.15, -0.1) is 0 Å². The molecule has 2 saturated heterocycles. The van der Waals surface area contributed by atoms with Crippen LogP contribution in [-0.2, 0) is 16.1 Å². The molecule has 0 bridgehead atoms. The van der Waals surface area contributed by atoms with Gasteiger partial charge in [-0.3, -0.25) is 44.7 Å². The molecule has 2 aliphatic heterocycles. The van der Waals surface area contributed by atoms with Gasteiger partial charge in [-0.1, -0.05) is 24.3 Å². The number of aromatic amines is 1. The fourth-order valence-corrected chi connectivity index (χ4v) is 10.8. The monoisotopic (exact) mass is 1230 g/mol. The predicted octanol–water partition coefficient (Wildman–Crippen LogP) is 8.44. The molecule has 2 aliphatic carbocycles. The van der Waals surface area contributed by atoms with Crippen molar-refractivity contribution in [2.75, 3.05) is 81.7 Å².